The molecule has 0 bridgehead atoms. The van der Waals surface area contributed by atoms with Gasteiger partial charge in [-0.2, -0.15) is 9.97 Å². The van der Waals surface area contributed by atoms with Crippen LogP contribution in [0.2, 0.25) is 0 Å². The number of nitrogens with one attached hydrogen (secondary N) is 1. The van der Waals surface area contributed by atoms with Gasteiger partial charge < -0.3 is 24.4 Å². The minimum absolute atomic E-state index is 0.0957. The first kappa shape index (κ1) is 21.5. The van der Waals surface area contributed by atoms with Crippen molar-refractivity contribution in [1.29, 1.82) is 0 Å². The summed E-state index contributed by atoms with van der Waals surface area (Å²) in [5.41, 5.74) is 0. The predicted molar refractivity (Wildman–Crippen MR) is 113 cm³/mol. The van der Waals surface area contributed by atoms with Gasteiger partial charge in [0.2, 0.25) is 11.8 Å². The van der Waals surface area contributed by atoms with Crippen molar-refractivity contribution in [2.75, 3.05) is 23.4 Å². The summed E-state index contributed by atoms with van der Waals surface area (Å²) in [7, 11) is 0. The molecule has 0 radical (unpaired) electrons. The number of aliphatic hydroxyl groups is 1. The lowest BCUT2D eigenvalue weighted by Gasteiger charge is -2.22. The fourth-order valence-electron chi connectivity index (χ4n) is 3.18. The van der Waals surface area contributed by atoms with E-state index in [1.807, 2.05) is 37.3 Å². The first-order valence-electron chi connectivity index (χ1n) is 10.2. The van der Waals surface area contributed by atoms with Crippen molar-refractivity contribution in [2.24, 2.45) is 0 Å². The summed E-state index contributed by atoms with van der Waals surface area (Å²) in [6.07, 6.45) is 0.680. The molecular formula is C21H24N6O5. The van der Waals surface area contributed by atoms with E-state index in [4.69, 9.17) is 14.0 Å². The maximum absolute atomic E-state index is 12.1. The standard InChI is InChI=1S/C21H24N6O5/c1-13(19-24-17(26-32-19)9-11-30-15-6-4-3-5-7-15)23-20-22-10-8-18(25-20)27-16(14(2)28)12-31-21(27)29/h3-8,10,13-14,16,28H,9,11-12H2,1-2H3,(H,22,23,25)/t13-,14+,16+/m0/s1. The molecule has 2 aromatic heterocycles. The molecule has 1 aliphatic heterocycles. The molecule has 168 valence electrons. The second kappa shape index (κ2) is 9.60. The minimum atomic E-state index is -0.769. The lowest BCUT2D eigenvalue weighted by molar-refractivity contribution is 0.142. The van der Waals surface area contributed by atoms with Crippen molar-refractivity contribution < 1.29 is 23.9 Å². The number of benzene rings is 1. The lowest BCUT2D eigenvalue weighted by Crippen LogP contribution is -2.41. The zero-order valence-electron chi connectivity index (χ0n) is 17.7. The Labute approximate surface area is 184 Å². The summed E-state index contributed by atoms with van der Waals surface area (Å²) in [4.78, 5) is 26.4. The van der Waals surface area contributed by atoms with Crippen LogP contribution >= 0.6 is 0 Å². The van der Waals surface area contributed by atoms with Crippen LogP contribution in [0.4, 0.5) is 16.6 Å². The minimum Gasteiger partial charge on any atom is -0.493 e. The summed E-state index contributed by atoms with van der Waals surface area (Å²) in [5, 5.41) is 17.0. The van der Waals surface area contributed by atoms with Crippen molar-refractivity contribution in [2.45, 2.75) is 38.5 Å². The quantitative estimate of drug-likeness (QED) is 0.510. The van der Waals surface area contributed by atoms with Crippen LogP contribution in [0.5, 0.6) is 5.75 Å². The maximum Gasteiger partial charge on any atom is 0.416 e. The molecule has 4 rings (SSSR count). The van der Waals surface area contributed by atoms with Crippen molar-refractivity contribution >= 4 is 17.9 Å². The number of anilines is 2. The number of amides is 1. The van der Waals surface area contributed by atoms with Crippen LogP contribution in [-0.4, -0.2) is 56.7 Å². The second-order valence-electron chi connectivity index (χ2n) is 7.32. The number of rotatable bonds is 9. The third kappa shape index (κ3) is 4.94. The molecule has 0 saturated carbocycles. The number of para-hydroxylation sites is 1. The third-order valence-electron chi connectivity index (χ3n) is 4.89. The summed E-state index contributed by atoms with van der Waals surface area (Å²) >= 11 is 0. The van der Waals surface area contributed by atoms with Gasteiger partial charge in [-0.05, 0) is 32.0 Å². The Morgan fingerprint density at radius 2 is 2.06 bits per heavy atom. The number of carbonyl (C=O) groups excluding carboxylic acids is 1. The maximum atomic E-state index is 12.1. The smallest absolute Gasteiger partial charge is 0.416 e. The number of ether oxygens (including phenoxy) is 2. The molecule has 11 heteroatoms. The van der Waals surface area contributed by atoms with Gasteiger partial charge in [-0.25, -0.2) is 9.78 Å². The van der Waals surface area contributed by atoms with E-state index >= 15 is 0 Å². The highest BCUT2D eigenvalue weighted by atomic mass is 16.6. The van der Waals surface area contributed by atoms with Crippen LogP contribution in [0.25, 0.3) is 0 Å². The number of nitrogens with zero attached hydrogens (tertiary/aromatic N) is 5. The van der Waals surface area contributed by atoms with Gasteiger partial charge >= 0.3 is 6.09 Å². The number of aromatic nitrogens is 4. The van der Waals surface area contributed by atoms with Gasteiger partial charge in [-0.15, -0.1) is 0 Å². The van der Waals surface area contributed by atoms with Crippen molar-refractivity contribution in [3.05, 3.63) is 54.3 Å². The normalized spacial score (nSPS) is 17.7. The zero-order valence-corrected chi connectivity index (χ0v) is 17.7. The number of hydrogen-bond acceptors (Lipinski definition) is 10. The number of carbonyl (C=O) groups is 1. The van der Waals surface area contributed by atoms with Crippen molar-refractivity contribution in [1.82, 2.24) is 20.1 Å². The number of hydrogen-bond donors (Lipinski definition) is 2. The fourth-order valence-corrected chi connectivity index (χ4v) is 3.18. The fraction of sp³-hybridized carbons (Fsp3) is 0.381. The van der Waals surface area contributed by atoms with Gasteiger partial charge in [-0.3, -0.25) is 4.90 Å². The van der Waals surface area contributed by atoms with Crippen molar-refractivity contribution in [3.8, 4) is 5.75 Å². The Bertz CT molecular complexity index is 1040. The molecular weight excluding hydrogens is 416 g/mol. The second-order valence-corrected chi connectivity index (χ2v) is 7.32. The van der Waals surface area contributed by atoms with E-state index in [2.05, 4.69) is 25.4 Å². The zero-order chi connectivity index (χ0) is 22.5. The lowest BCUT2D eigenvalue weighted by atomic mass is 10.2. The average Bonchev–Trinajstić information content (AvgIpc) is 3.42. The van der Waals surface area contributed by atoms with Gasteiger partial charge in [-0.1, -0.05) is 23.4 Å². The molecule has 1 amide bonds. The van der Waals surface area contributed by atoms with E-state index in [-0.39, 0.29) is 18.6 Å². The molecule has 1 aliphatic rings. The van der Waals surface area contributed by atoms with E-state index in [9.17, 15) is 9.90 Å². The van der Waals surface area contributed by atoms with E-state index in [1.165, 1.54) is 11.1 Å². The monoisotopic (exact) mass is 440 g/mol. The summed E-state index contributed by atoms with van der Waals surface area (Å²) in [6, 6.07) is 10.2. The Morgan fingerprint density at radius 3 is 2.84 bits per heavy atom. The van der Waals surface area contributed by atoms with Gasteiger partial charge in [0.05, 0.1) is 12.7 Å². The Hall–Kier alpha value is -3.73. The Balaban J connectivity index is 1.36. The highest BCUT2D eigenvalue weighted by molar-refractivity contribution is 5.89. The molecule has 0 unspecified atom stereocenters. The molecule has 1 aromatic carbocycles. The van der Waals surface area contributed by atoms with E-state index < -0.39 is 18.2 Å². The molecule has 3 heterocycles. The van der Waals surface area contributed by atoms with Gasteiger partial charge in [0.15, 0.2) is 5.82 Å². The van der Waals surface area contributed by atoms with Crippen LogP contribution in [0.1, 0.15) is 31.6 Å². The highest BCUT2D eigenvalue weighted by Crippen LogP contribution is 2.24. The largest absolute Gasteiger partial charge is 0.493 e. The van der Waals surface area contributed by atoms with Gasteiger partial charge in [0.1, 0.15) is 30.3 Å². The summed E-state index contributed by atoms with van der Waals surface area (Å²) < 4.78 is 16.0. The van der Waals surface area contributed by atoms with Crippen LogP contribution in [0, 0.1) is 0 Å². The highest BCUT2D eigenvalue weighted by Gasteiger charge is 2.38. The molecule has 0 aliphatic carbocycles. The van der Waals surface area contributed by atoms with E-state index in [0.29, 0.717) is 30.6 Å². The van der Waals surface area contributed by atoms with Crippen LogP contribution in [0.15, 0.2) is 47.1 Å². The molecule has 3 aromatic rings. The molecule has 0 spiro atoms. The molecule has 1 fully saturated rings. The van der Waals surface area contributed by atoms with E-state index in [1.54, 1.807) is 13.0 Å². The van der Waals surface area contributed by atoms with Crippen LogP contribution in [-0.2, 0) is 11.2 Å². The van der Waals surface area contributed by atoms with Gasteiger partial charge in [0.25, 0.3) is 0 Å². The predicted octanol–water partition coefficient (Wildman–Crippen LogP) is 2.36. The molecule has 1 saturated heterocycles. The van der Waals surface area contributed by atoms with Gasteiger partial charge in [0, 0.05) is 12.6 Å². The first-order valence-corrected chi connectivity index (χ1v) is 10.2. The first-order chi connectivity index (χ1) is 15.5. The topological polar surface area (TPSA) is 136 Å². The van der Waals surface area contributed by atoms with E-state index in [0.717, 1.165) is 5.75 Å². The number of cyclic esters (lactones) is 1. The molecule has 3 atom stereocenters. The SMILES string of the molecule is C[C@H](Nc1nccc(N2C(=O)OC[C@@H]2[C@@H](C)O)n1)c1nc(CCOc2ccccc2)no1. The average molecular weight is 440 g/mol. The van der Waals surface area contributed by atoms with Crippen LogP contribution < -0.4 is 15.0 Å². The molecule has 2 N–H and O–H groups in total. The Morgan fingerprint density at radius 1 is 1.25 bits per heavy atom. The molecule has 11 nitrogen and oxygen atoms in total. The summed E-state index contributed by atoms with van der Waals surface area (Å²) in [5.74, 6) is 2.27. The Kier molecular flexibility index (Phi) is 6.45. The van der Waals surface area contributed by atoms with Crippen molar-refractivity contribution in [3.63, 3.8) is 0 Å². The number of aliphatic hydroxyl groups excluding tert-OH is 1. The van der Waals surface area contributed by atoms with Crippen LogP contribution in [0.3, 0.4) is 0 Å². The molecule has 32 heavy (non-hydrogen) atoms. The third-order valence-corrected chi connectivity index (χ3v) is 4.89. The summed E-state index contributed by atoms with van der Waals surface area (Å²) in [6.45, 7) is 3.95.